The molecule has 1 aromatic heterocycles. The van der Waals surface area contributed by atoms with Crippen LogP contribution in [0, 0.1) is 0 Å². The molecule has 4 heteroatoms. The van der Waals surface area contributed by atoms with Gasteiger partial charge in [-0.25, -0.2) is 0 Å². The Kier molecular flexibility index (Phi) is 4.45. The fourth-order valence-corrected chi connectivity index (χ4v) is 3.21. The Morgan fingerprint density at radius 3 is 3.30 bits per heavy atom. The van der Waals surface area contributed by atoms with Crippen molar-refractivity contribution in [2.45, 2.75) is 37.7 Å². The van der Waals surface area contributed by atoms with Gasteiger partial charge in [0.1, 0.15) is 6.10 Å². The molecule has 2 aliphatic rings. The third kappa shape index (κ3) is 2.92. The summed E-state index contributed by atoms with van der Waals surface area (Å²) >= 11 is 0. The standard InChI is InChI=1S/C16H22N2O2/c1-2-8-18-11-15(16-14(18)6-4-9-19-16)20-12-13-5-3-7-17-10-13/h2-3,5,7,10,14-16H,1,4,6,8-9,11-12H2/t14-,15+,16+/m0/s1. The molecule has 0 N–H and O–H groups in total. The fraction of sp³-hybridized carbons (Fsp3) is 0.562. The highest BCUT2D eigenvalue weighted by molar-refractivity contribution is 5.07. The maximum Gasteiger partial charge on any atom is 0.100 e. The number of aromatic nitrogens is 1. The monoisotopic (exact) mass is 274 g/mol. The van der Waals surface area contributed by atoms with Crippen LogP contribution in [0.25, 0.3) is 0 Å². The molecule has 0 amide bonds. The van der Waals surface area contributed by atoms with E-state index in [-0.39, 0.29) is 12.2 Å². The van der Waals surface area contributed by atoms with Gasteiger partial charge in [0.05, 0.1) is 12.7 Å². The van der Waals surface area contributed by atoms with Crippen LogP contribution in [0.4, 0.5) is 0 Å². The normalized spacial score (nSPS) is 30.1. The molecule has 2 aliphatic heterocycles. The first-order valence-corrected chi connectivity index (χ1v) is 7.35. The van der Waals surface area contributed by atoms with Gasteiger partial charge in [0.15, 0.2) is 0 Å². The molecule has 2 fully saturated rings. The van der Waals surface area contributed by atoms with Gasteiger partial charge in [0.2, 0.25) is 0 Å². The molecular weight excluding hydrogens is 252 g/mol. The lowest BCUT2D eigenvalue weighted by atomic mass is 10.0. The van der Waals surface area contributed by atoms with E-state index in [0.717, 1.165) is 31.7 Å². The van der Waals surface area contributed by atoms with Crippen LogP contribution in [-0.4, -0.2) is 47.8 Å². The molecule has 108 valence electrons. The summed E-state index contributed by atoms with van der Waals surface area (Å²) in [6, 6.07) is 4.47. The largest absolute Gasteiger partial charge is 0.374 e. The van der Waals surface area contributed by atoms with E-state index in [1.807, 2.05) is 24.4 Å². The van der Waals surface area contributed by atoms with Crippen molar-refractivity contribution in [3.8, 4) is 0 Å². The first kappa shape index (κ1) is 13.7. The minimum absolute atomic E-state index is 0.153. The Hall–Kier alpha value is -1.23. The van der Waals surface area contributed by atoms with Crippen LogP contribution >= 0.6 is 0 Å². The lowest BCUT2D eigenvalue weighted by molar-refractivity contribution is -0.0815. The van der Waals surface area contributed by atoms with Gasteiger partial charge in [-0.05, 0) is 24.5 Å². The topological polar surface area (TPSA) is 34.6 Å². The fourth-order valence-electron chi connectivity index (χ4n) is 3.21. The van der Waals surface area contributed by atoms with Gasteiger partial charge in [0.25, 0.3) is 0 Å². The van der Waals surface area contributed by atoms with Crippen molar-refractivity contribution in [3.63, 3.8) is 0 Å². The molecular formula is C16H22N2O2. The van der Waals surface area contributed by atoms with Crippen molar-refractivity contribution in [2.75, 3.05) is 19.7 Å². The molecule has 4 nitrogen and oxygen atoms in total. The predicted octanol–water partition coefficient (Wildman–Crippen LogP) is 2.02. The van der Waals surface area contributed by atoms with Crippen LogP contribution in [0.15, 0.2) is 37.2 Å². The number of pyridine rings is 1. The van der Waals surface area contributed by atoms with Crippen molar-refractivity contribution in [1.82, 2.24) is 9.88 Å². The van der Waals surface area contributed by atoms with Crippen molar-refractivity contribution >= 4 is 0 Å². The van der Waals surface area contributed by atoms with Gasteiger partial charge < -0.3 is 9.47 Å². The quantitative estimate of drug-likeness (QED) is 0.769. The summed E-state index contributed by atoms with van der Waals surface area (Å²) < 4.78 is 12.1. The number of rotatable bonds is 5. The zero-order valence-corrected chi connectivity index (χ0v) is 11.8. The van der Waals surface area contributed by atoms with E-state index in [1.54, 1.807) is 6.20 Å². The van der Waals surface area contributed by atoms with E-state index in [4.69, 9.17) is 9.47 Å². The minimum Gasteiger partial charge on any atom is -0.374 e. The third-order valence-corrected chi connectivity index (χ3v) is 4.13. The number of nitrogens with zero attached hydrogens (tertiary/aromatic N) is 2. The van der Waals surface area contributed by atoms with Crippen LogP contribution in [0.2, 0.25) is 0 Å². The van der Waals surface area contributed by atoms with Gasteiger partial charge in [-0.3, -0.25) is 9.88 Å². The summed E-state index contributed by atoms with van der Waals surface area (Å²) in [6.45, 7) is 7.16. The Labute approximate surface area is 120 Å². The molecule has 20 heavy (non-hydrogen) atoms. The molecule has 0 aromatic carbocycles. The Morgan fingerprint density at radius 1 is 1.55 bits per heavy atom. The first-order chi connectivity index (χ1) is 9.88. The SMILES string of the molecule is C=CCN1C[C@@H](OCc2cccnc2)[C@@H]2OCCC[C@@H]21. The molecule has 0 bridgehead atoms. The molecule has 3 rings (SSSR count). The first-order valence-electron chi connectivity index (χ1n) is 7.35. The summed E-state index contributed by atoms with van der Waals surface area (Å²) in [4.78, 5) is 6.56. The molecule has 0 saturated carbocycles. The van der Waals surface area contributed by atoms with Gasteiger partial charge in [-0.2, -0.15) is 0 Å². The summed E-state index contributed by atoms with van der Waals surface area (Å²) in [6.07, 6.45) is 8.31. The van der Waals surface area contributed by atoms with E-state index in [0.29, 0.717) is 12.6 Å². The Balaban J connectivity index is 1.62. The van der Waals surface area contributed by atoms with Gasteiger partial charge in [0, 0.05) is 38.1 Å². The van der Waals surface area contributed by atoms with Crippen LogP contribution in [0.3, 0.4) is 0 Å². The van der Waals surface area contributed by atoms with Gasteiger partial charge in [-0.15, -0.1) is 6.58 Å². The van der Waals surface area contributed by atoms with Crippen LogP contribution in [-0.2, 0) is 16.1 Å². The third-order valence-electron chi connectivity index (χ3n) is 4.13. The number of ether oxygens (including phenoxy) is 2. The van der Waals surface area contributed by atoms with E-state index in [9.17, 15) is 0 Å². The van der Waals surface area contributed by atoms with Gasteiger partial charge in [-0.1, -0.05) is 12.1 Å². The zero-order valence-electron chi connectivity index (χ0n) is 11.8. The predicted molar refractivity (Wildman–Crippen MR) is 77.3 cm³/mol. The van der Waals surface area contributed by atoms with Crippen LogP contribution < -0.4 is 0 Å². The van der Waals surface area contributed by atoms with Crippen molar-refractivity contribution in [3.05, 3.63) is 42.7 Å². The zero-order chi connectivity index (χ0) is 13.8. The highest BCUT2D eigenvalue weighted by atomic mass is 16.5. The maximum absolute atomic E-state index is 6.09. The number of hydrogen-bond donors (Lipinski definition) is 0. The molecule has 3 heterocycles. The smallest absolute Gasteiger partial charge is 0.100 e. The summed E-state index contributed by atoms with van der Waals surface area (Å²) in [5, 5.41) is 0. The minimum atomic E-state index is 0.153. The number of fused-ring (bicyclic) bond motifs is 1. The number of likely N-dealkylation sites (tertiary alicyclic amines) is 1. The summed E-state index contributed by atoms with van der Waals surface area (Å²) in [5.74, 6) is 0. The second-order valence-electron chi connectivity index (χ2n) is 5.50. The highest BCUT2D eigenvalue weighted by Crippen LogP contribution is 2.30. The Morgan fingerprint density at radius 2 is 2.50 bits per heavy atom. The molecule has 0 radical (unpaired) electrons. The lowest BCUT2D eigenvalue weighted by Gasteiger charge is -2.31. The highest BCUT2D eigenvalue weighted by Gasteiger charge is 2.44. The molecule has 0 aliphatic carbocycles. The second kappa shape index (κ2) is 6.48. The molecule has 0 spiro atoms. The van der Waals surface area contributed by atoms with Crippen molar-refractivity contribution < 1.29 is 9.47 Å². The average molecular weight is 274 g/mol. The molecule has 3 atom stereocenters. The lowest BCUT2D eigenvalue weighted by Crippen LogP contribution is -2.41. The molecule has 0 unspecified atom stereocenters. The van der Waals surface area contributed by atoms with E-state index in [2.05, 4.69) is 16.5 Å². The van der Waals surface area contributed by atoms with Crippen LogP contribution in [0.1, 0.15) is 18.4 Å². The molecule has 2 saturated heterocycles. The van der Waals surface area contributed by atoms with E-state index >= 15 is 0 Å². The maximum atomic E-state index is 6.09. The van der Waals surface area contributed by atoms with E-state index < -0.39 is 0 Å². The van der Waals surface area contributed by atoms with E-state index in [1.165, 1.54) is 6.42 Å². The van der Waals surface area contributed by atoms with Gasteiger partial charge >= 0.3 is 0 Å². The summed E-state index contributed by atoms with van der Waals surface area (Å²) in [5.41, 5.74) is 1.11. The second-order valence-corrected chi connectivity index (χ2v) is 5.50. The average Bonchev–Trinajstić information content (AvgIpc) is 2.85. The Bertz CT molecular complexity index is 437. The van der Waals surface area contributed by atoms with Crippen LogP contribution in [0.5, 0.6) is 0 Å². The summed E-state index contributed by atoms with van der Waals surface area (Å²) in [7, 11) is 0. The number of hydrogen-bond acceptors (Lipinski definition) is 4. The molecule has 1 aromatic rings. The van der Waals surface area contributed by atoms with Crippen molar-refractivity contribution in [2.24, 2.45) is 0 Å². The van der Waals surface area contributed by atoms with Crippen molar-refractivity contribution in [1.29, 1.82) is 0 Å².